The Bertz CT molecular complexity index is 608. The molecule has 1 aromatic carbocycles. The molecule has 0 aliphatic heterocycles. The highest BCUT2D eigenvalue weighted by molar-refractivity contribution is 14.0. The summed E-state index contributed by atoms with van der Waals surface area (Å²) < 4.78 is 5.33. The molecule has 1 aromatic heterocycles. The Morgan fingerprint density at radius 1 is 1.32 bits per heavy atom. The van der Waals surface area contributed by atoms with E-state index in [1.807, 2.05) is 36.4 Å². The Labute approximate surface area is 147 Å². The van der Waals surface area contributed by atoms with Gasteiger partial charge in [0.1, 0.15) is 5.69 Å². The number of aromatic nitrogens is 1. The van der Waals surface area contributed by atoms with E-state index in [9.17, 15) is 0 Å². The van der Waals surface area contributed by atoms with Gasteiger partial charge in [-0.2, -0.15) is 0 Å². The molecular formula is C16H21IN4O. The van der Waals surface area contributed by atoms with Crippen molar-refractivity contribution in [3.05, 3.63) is 42.1 Å². The van der Waals surface area contributed by atoms with Gasteiger partial charge in [0.15, 0.2) is 11.7 Å². The van der Waals surface area contributed by atoms with Crippen molar-refractivity contribution < 1.29 is 4.52 Å². The molecule has 1 aliphatic rings. The molecule has 1 aliphatic carbocycles. The first-order chi connectivity index (χ1) is 10.3. The first-order valence-electron chi connectivity index (χ1n) is 7.36. The van der Waals surface area contributed by atoms with Crippen LogP contribution in [0.4, 0.5) is 0 Å². The molecule has 118 valence electrons. The van der Waals surface area contributed by atoms with Crippen LogP contribution >= 0.6 is 24.0 Å². The molecule has 3 N–H and O–H groups in total. The van der Waals surface area contributed by atoms with Crippen LogP contribution in [0, 0.1) is 5.92 Å². The zero-order valence-electron chi connectivity index (χ0n) is 12.4. The number of hydrogen-bond acceptors (Lipinski definition) is 3. The van der Waals surface area contributed by atoms with Crippen molar-refractivity contribution in [2.24, 2.45) is 16.6 Å². The average Bonchev–Trinajstić information content (AvgIpc) is 2.93. The van der Waals surface area contributed by atoms with E-state index in [4.69, 9.17) is 10.3 Å². The molecule has 0 saturated heterocycles. The molecular weight excluding hydrogens is 391 g/mol. The molecule has 0 unspecified atom stereocenters. The second kappa shape index (κ2) is 8.17. The maximum Gasteiger partial charge on any atom is 0.188 e. The molecule has 0 atom stereocenters. The fraction of sp³-hybridized carbons (Fsp3) is 0.375. The van der Waals surface area contributed by atoms with E-state index in [-0.39, 0.29) is 24.0 Å². The molecule has 0 amide bonds. The molecule has 1 saturated carbocycles. The van der Waals surface area contributed by atoms with Gasteiger partial charge in [-0.1, -0.05) is 41.9 Å². The summed E-state index contributed by atoms with van der Waals surface area (Å²) in [5.74, 6) is 1.99. The first-order valence-corrected chi connectivity index (χ1v) is 7.36. The number of halogens is 1. The summed E-state index contributed by atoms with van der Waals surface area (Å²) in [5, 5.41) is 7.18. The number of hydrogen-bond donors (Lipinski definition) is 2. The lowest BCUT2D eigenvalue weighted by Gasteiger charge is -2.25. The van der Waals surface area contributed by atoms with Crippen molar-refractivity contribution in [3.63, 3.8) is 0 Å². The summed E-state index contributed by atoms with van der Waals surface area (Å²) in [6.07, 6.45) is 3.93. The number of rotatable bonds is 5. The molecule has 5 nitrogen and oxygen atoms in total. The van der Waals surface area contributed by atoms with Crippen molar-refractivity contribution in [2.75, 3.05) is 6.54 Å². The SMILES string of the molecule is I.NC(=NCc1cc(-c2ccccc2)on1)NCC1CCC1. The summed E-state index contributed by atoms with van der Waals surface area (Å²) in [6, 6.07) is 11.8. The van der Waals surface area contributed by atoms with Crippen LogP contribution in [0.2, 0.25) is 0 Å². The second-order valence-corrected chi connectivity index (χ2v) is 5.43. The predicted molar refractivity (Wildman–Crippen MR) is 98.0 cm³/mol. The van der Waals surface area contributed by atoms with Crippen LogP contribution in [0.5, 0.6) is 0 Å². The maximum atomic E-state index is 5.85. The highest BCUT2D eigenvalue weighted by atomic mass is 127. The van der Waals surface area contributed by atoms with Crippen LogP contribution in [0.25, 0.3) is 11.3 Å². The molecule has 0 bridgehead atoms. The van der Waals surface area contributed by atoms with E-state index >= 15 is 0 Å². The minimum absolute atomic E-state index is 0. The highest BCUT2D eigenvalue weighted by Crippen LogP contribution is 2.25. The van der Waals surface area contributed by atoms with Gasteiger partial charge in [0.25, 0.3) is 0 Å². The zero-order chi connectivity index (χ0) is 14.5. The zero-order valence-corrected chi connectivity index (χ0v) is 14.7. The minimum Gasteiger partial charge on any atom is -0.370 e. The minimum atomic E-state index is 0. The van der Waals surface area contributed by atoms with Crippen molar-refractivity contribution >= 4 is 29.9 Å². The van der Waals surface area contributed by atoms with Gasteiger partial charge in [-0.05, 0) is 18.8 Å². The molecule has 22 heavy (non-hydrogen) atoms. The first kappa shape index (κ1) is 16.8. The van der Waals surface area contributed by atoms with E-state index in [1.165, 1.54) is 19.3 Å². The third-order valence-corrected chi connectivity index (χ3v) is 3.83. The summed E-state index contributed by atoms with van der Waals surface area (Å²) >= 11 is 0. The predicted octanol–water partition coefficient (Wildman–Crippen LogP) is 3.16. The lowest BCUT2D eigenvalue weighted by atomic mass is 9.85. The Morgan fingerprint density at radius 2 is 2.09 bits per heavy atom. The van der Waals surface area contributed by atoms with Gasteiger partial charge in [0, 0.05) is 18.2 Å². The number of benzene rings is 1. The monoisotopic (exact) mass is 412 g/mol. The van der Waals surface area contributed by atoms with Crippen LogP contribution in [-0.2, 0) is 6.54 Å². The standard InChI is InChI=1S/C16H20N4O.HI/c17-16(18-10-12-5-4-6-12)19-11-14-9-15(21-20-14)13-7-2-1-3-8-13;/h1-3,7-9,12H,4-6,10-11H2,(H3,17,18,19);1H. The molecule has 3 rings (SSSR count). The third-order valence-electron chi connectivity index (χ3n) is 3.83. The van der Waals surface area contributed by atoms with Gasteiger partial charge in [0.05, 0.1) is 6.54 Å². The molecule has 1 heterocycles. The summed E-state index contributed by atoms with van der Waals surface area (Å²) in [5.41, 5.74) is 7.64. The Hall–Kier alpha value is -1.57. The summed E-state index contributed by atoms with van der Waals surface area (Å²) in [6.45, 7) is 1.35. The van der Waals surface area contributed by atoms with Crippen molar-refractivity contribution in [1.29, 1.82) is 0 Å². The second-order valence-electron chi connectivity index (χ2n) is 5.43. The normalized spacial score (nSPS) is 15.0. The lowest BCUT2D eigenvalue weighted by Crippen LogP contribution is -2.37. The summed E-state index contributed by atoms with van der Waals surface area (Å²) in [4.78, 5) is 4.29. The van der Waals surface area contributed by atoms with E-state index in [1.54, 1.807) is 0 Å². The van der Waals surface area contributed by atoms with Crippen LogP contribution in [0.3, 0.4) is 0 Å². The van der Waals surface area contributed by atoms with Crippen LogP contribution in [0.1, 0.15) is 25.0 Å². The molecule has 0 spiro atoms. The van der Waals surface area contributed by atoms with Gasteiger partial charge in [0.2, 0.25) is 0 Å². The van der Waals surface area contributed by atoms with Crippen molar-refractivity contribution in [1.82, 2.24) is 10.5 Å². The lowest BCUT2D eigenvalue weighted by molar-refractivity contribution is 0.315. The molecule has 1 fully saturated rings. The van der Waals surface area contributed by atoms with Crippen molar-refractivity contribution in [2.45, 2.75) is 25.8 Å². The van der Waals surface area contributed by atoms with Gasteiger partial charge in [-0.3, -0.25) is 0 Å². The number of aliphatic imine (C=N–C) groups is 1. The van der Waals surface area contributed by atoms with E-state index in [0.717, 1.165) is 29.5 Å². The van der Waals surface area contributed by atoms with Crippen LogP contribution in [0.15, 0.2) is 45.9 Å². The summed E-state index contributed by atoms with van der Waals surface area (Å²) in [7, 11) is 0. The Morgan fingerprint density at radius 3 is 2.77 bits per heavy atom. The Kier molecular flexibility index (Phi) is 6.23. The van der Waals surface area contributed by atoms with Gasteiger partial charge >= 0.3 is 0 Å². The maximum absolute atomic E-state index is 5.85. The van der Waals surface area contributed by atoms with Gasteiger partial charge in [-0.25, -0.2) is 4.99 Å². The molecule has 6 heteroatoms. The van der Waals surface area contributed by atoms with Gasteiger partial charge in [-0.15, -0.1) is 24.0 Å². The smallest absolute Gasteiger partial charge is 0.188 e. The fourth-order valence-electron chi connectivity index (χ4n) is 2.29. The molecule has 0 radical (unpaired) electrons. The Balaban J connectivity index is 0.00000176. The topological polar surface area (TPSA) is 76.4 Å². The number of nitrogens with one attached hydrogen (secondary N) is 1. The number of nitrogens with zero attached hydrogens (tertiary/aromatic N) is 2. The largest absolute Gasteiger partial charge is 0.370 e. The number of guanidine groups is 1. The molecule has 2 aromatic rings. The van der Waals surface area contributed by atoms with Gasteiger partial charge < -0.3 is 15.6 Å². The van der Waals surface area contributed by atoms with Crippen LogP contribution in [-0.4, -0.2) is 17.7 Å². The van der Waals surface area contributed by atoms with E-state index in [0.29, 0.717) is 12.5 Å². The number of nitrogens with two attached hydrogens (primary N) is 1. The quantitative estimate of drug-likeness (QED) is 0.450. The van der Waals surface area contributed by atoms with E-state index < -0.39 is 0 Å². The fourth-order valence-corrected chi connectivity index (χ4v) is 2.29. The van der Waals surface area contributed by atoms with E-state index in [2.05, 4.69) is 15.5 Å². The highest BCUT2D eigenvalue weighted by Gasteiger charge is 2.16. The van der Waals surface area contributed by atoms with Crippen molar-refractivity contribution in [3.8, 4) is 11.3 Å². The van der Waals surface area contributed by atoms with Crippen LogP contribution < -0.4 is 11.1 Å². The average molecular weight is 412 g/mol. The third kappa shape index (κ3) is 4.46.